The van der Waals surface area contributed by atoms with Crippen LogP contribution in [-0.2, 0) is 9.84 Å². The number of piperazine rings is 1. The molecule has 0 spiro atoms. The zero-order valence-corrected chi connectivity index (χ0v) is 16.8. The Kier molecular flexibility index (Phi) is 4.65. The standard InChI is InChI=1S/C19H20N4O5S/c1-13-3-6-17-15(11-13)20-19(28-17)22-9-7-21(8-10-22)14-4-5-16(23(24)25)18(12-14)29(2,26)27/h3-6,11-12H,7-10H2,1-2H3. The summed E-state index contributed by atoms with van der Waals surface area (Å²) >= 11 is 0. The van der Waals surface area contributed by atoms with Crippen LogP contribution in [0.4, 0.5) is 17.4 Å². The number of nitro groups is 1. The molecule has 10 heteroatoms. The Bertz CT molecular complexity index is 1200. The van der Waals surface area contributed by atoms with Crippen LogP contribution < -0.4 is 9.80 Å². The van der Waals surface area contributed by atoms with Gasteiger partial charge in [-0.25, -0.2) is 8.42 Å². The van der Waals surface area contributed by atoms with Crippen molar-refractivity contribution in [3.63, 3.8) is 0 Å². The SMILES string of the molecule is Cc1ccc2oc(N3CCN(c4ccc([N+](=O)[O-])c(S(C)(=O)=O)c4)CC3)nc2c1. The van der Waals surface area contributed by atoms with E-state index in [2.05, 4.69) is 4.98 Å². The quantitative estimate of drug-likeness (QED) is 0.472. The lowest BCUT2D eigenvalue weighted by Gasteiger charge is -2.35. The maximum absolute atomic E-state index is 12.0. The Morgan fingerprint density at radius 2 is 1.76 bits per heavy atom. The molecule has 0 unspecified atom stereocenters. The first-order chi connectivity index (χ1) is 13.7. The van der Waals surface area contributed by atoms with E-state index in [0.29, 0.717) is 37.9 Å². The van der Waals surface area contributed by atoms with Crippen molar-refractivity contribution in [2.75, 3.05) is 42.2 Å². The third-order valence-corrected chi connectivity index (χ3v) is 6.11. The van der Waals surface area contributed by atoms with E-state index in [1.165, 1.54) is 12.1 Å². The van der Waals surface area contributed by atoms with E-state index in [0.717, 1.165) is 22.9 Å². The van der Waals surface area contributed by atoms with E-state index in [9.17, 15) is 18.5 Å². The smallest absolute Gasteiger partial charge is 0.298 e. The normalized spacial score (nSPS) is 15.1. The average molecular weight is 416 g/mol. The van der Waals surface area contributed by atoms with E-state index in [4.69, 9.17) is 4.42 Å². The maximum Gasteiger partial charge on any atom is 0.298 e. The molecule has 3 aromatic rings. The molecule has 29 heavy (non-hydrogen) atoms. The average Bonchev–Trinajstić information content (AvgIpc) is 3.10. The van der Waals surface area contributed by atoms with Gasteiger partial charge < -0.3 is 14.2 Å². The highest BCUT2D eigenvalue weighted by Gasteiger charge is 2.26. The van der Waals surface area contributed by atoms with Gasteiger partial charge in [-0.05, 0) is 36.8 Å². The predicted molar refractivity (Wildman–Crippen MR) is 109 cm³/mol. The van der Waals surface area contributed by atoms with E-state index in [-0.39, 0.29) is 4.90 Å². The number of hydrogen-bond donors (Lipinski definition) is 0. The highest BCUT2D eigenvalue weighted by atomic mass is 32.2. The molecular formula is C19H20N4O5S. The number of rotatable bonds is 4. The van der Waals surface area contributed by atoms with Gasteiger partial charge in [0.2, 0.25) is 0 Å². The number of fused-ring (bicyclic) bond motifs is 1. The minimum Gasteiger partial charge on any atom is -0.423 e. The van der Waals surface area contributed by atoms with Crippen LogP contribution in [0.2, 0.25) is 0 Å². The molecule has 152 valence electrons. The number of aryl methyl sites for hydroxylation is 1. The second-order valence-electron chi connectivity index (χ2n) is 7.12. The van der Waals surface area contributed by atoms with Crippen molar-refractivity contribution in [1.29, 1.82) is 0 Å². The monoisotopic (exact) mass is 416 g/mol. The Morgan fingerprint density at radius 3 is 2.41 bits per heavy atom. The van der Waals surface area contributed by atoms with Crippen molar-refractivity contribution in [3.8, 4) is 0 Å². The molecule has 2 aromatic carbocycles. The van der Waals surface area contributed by atoms with Crippen LogP contribution in [0.5, 0.6) is 0 Å². The molecule has 1 saturated heterocycles. The van der Waals surface area contributed by atoms with Gasteiger partial charge in [-0.2, -0.15) is 4.98 Å². The van der Waals surface area contributed by atoms with Crippen LogP contribution in [0.15, 0.2) is 45.7 Å². The van der Waals surface area contributed by atoms with Crippen LogP contribution in [0.1, 0.15) is 5.56 Å². The second-order valence-corrected chi connectivity index (χ2v) is 9.11. The lowest BCUT2D eigenvalue weighted by atomic mass is 10.2. The van der Waals surface area contributed by atoms with Gasteiger partial charge in [0, 0.05) is 44.2 Å². The largest absolute Gasteiger partial charge is 0.423 e. The molecule has 0 radical (unpaired) electrons. The molecule has 0 amide bonds. The highest BCUT2D eigenvalue weighted by molar-refractivity contribution is 7.90. The summed E-state index contributed by atoms with van der Waals surface area (Å²) in [5.74, 6) is 0. The zero-order valence-electron chi connectivity index (χ0n) is 16.0. The number of nitrogens with zero attached hydrogens (tertiary/aromatic N) is 4. The molecular weight excluding hydrogens is 396 g/mol. The van der Waals surface area contributed by atoms with Crippen molar-refractivity contribution in [1.82, 2.24) is 4.98 Å². The second kappa shape index (κ2) is 7.03. The van der Waals surface area contributed by atoms with Crippen molar-refractivity contribution < 1.29 is 17.8 Å². The van der Waals surface area contributed by atoms with Gasteiger partial charge in [0.1, 0.15) is 10.4 Å². The number of aromatic nitrogens is 1. The van der Waals surface area contributed by atoms with E-state index < -0.39 is 20.4 Å². The van der Waals surface area contributed by atoms with Gasteiger partial charge in [0.05, 0.1) is 4.92 Å². The zero-order chi connectivity index (χ0) is 20.8. The fourth-order valence-corrected chi connectivity index (χ4v) is 4.32. The Hall–Kier alpha value is -3.14. The number of nitro benzene ring substituents is 1. The first kappa shape index (κ1) is 19.2. The minimum absolute atomic E-state index is 0.267. The summed E-state index contributed by atoms with van der Waals surface area (Å²) in [6.07, 6.45) is 0.978. The third-order valence-electron chi connectivity index (χ3n) is 4.99. The van der Waals surface area contributed by atoms with Gasteiger partial charge in [0.15, 0.2) is 15.4 Å². The Balaban J connectivity index is 1.54. The van der Waals surface area contributed by atoms with Crippen molar-refractivity contribution in [2.45, 2.75) is 11.8 Å². The molecule has 0 saturated carbocycles. The van der Waals surface area contributed by atoms with Crippen LogP contribution in [0.25, 0.3) is 11.1 Å². The number of hydrogen-bond acceptors (Lipinski definition) is 8. The first-order valence-electron chi connectivity index (χ1n) is 9.08. The Morgan fingerprint density at radius 1 is 1.07 bits per heavy atom. The topological polar surface area (TPSA) is 110 Å². The molecule has 1 aliphatic rings. The molecule has 0 atom stereocenters. The lowest BCUT2D eigenvalue weighted by Crippen LogP contribution is -2.46. The molecule has 9 nitrogen and oxygen atoms in total. The molecule has 1 aromatic heterocycles. The molecule has 1 aliphatic heterocycles. The Labute approximate surface area is 167 Å². The van der Waals surface area contributed by atoms with Crippen LogP contribution in [0, 0.1) is 17.0 Å². The molecule has 4 rings (SSSR count). The van der Waals surface area contributed by atoms with Crippen molar-refractivity contribution >= 4 is 38.3 Å². The van der Waals surface area contributed by atoms with Gasteiger partial charge in [-0.15, -0.1) is 0 Å². The highest BCUT2D eigenvalue weighted by Crippen LogP contribution is 2.30. The fraction of sp³-hybridized carbons (Fsp3) is 0.316. The van der Waals surface area contributed by atoms with Crippen LogP contribution >= 0.6 is 0 Å². The predicted octanol–water partition coefficient (Wildman–Crippen LogP) is 2.77. The third kappa shape index (κ3) is 3.75. The van der Waals surface area contributed by atoms with Gasteiger partial charge >= 0.3 is 0 Å². The number of benzene rings is 2. The number of anilines is 2. The van der Waals surface area contributed by atoms with Crippen molar-refractivity contribution in [3.05, 3.63) is 52.1 Å². The number of sulfone groups is 1. The summed E-state index contributed by atoms with van der Waals surface area (Å²) in [6, 6.07) is 10.6. The molecule has 0 aliphatic carbocycles. The van der Waals surface area contributed by atoms with E-state index in [1.807, 2.05) is 34.9 Å². The lowest BCUT2D eigenvalue weighted by molar-refractivity contribution is -0.387. The van der Waals surface area contributed by atoms with Crippen molar-refractivity contribution in [2.24, 2.45) is 0 Å². The van der Waals surface area contributed by atoms with Gasteiger partial charge in [-0.3, -0.25) is 10.1 Å². The summed E-state index contributed by atoms with van der Waals surface area (Å²) in [5, 5.41) is 11.2. The number of oxazole rings is 1. The van der Waals surface area contributed by atoms with E-state index in [1.54, 1.807) is 6.07 Å². The van der Waals surface area contributed by atoms with E-state index >= 15 is 0 Å². The molecule has 1 fully saturated rings. The summed E-state index contributed by atoms with van der Waals surface area (Å²) in [5.41, 5.74) is 2.90. The van der Waals surface area contributed by atoms with Gasteiger partial charge in [0.25, 0.3) is 11.7 Å². The molecule has 2 heterocycles. The summed E-state index contributed by atoms with van der Waals surface area (Å²) < 4.78 is 29.8. The molecule has 0 N–H and O–H groups in total. The maximum atomic E-state index is 12.0. The summed E-state index contributed by atoms with van der Waals surface area (Å²) in [7, 11) is -3.72. The minimum atomic E-state index is -3.72. The van der Waals surface area contributed by atoms with Crippen LogP contribution in [0.3, 0.4) is 0 Å². The summed E-state index contributed by atoms with van der Waals surface area (Å²) in [4.78, 5) is 18.8. The summed E-state index contributed by atoms with van der Waals surface area (Å²) in [6.45, 7) is 4.49. The fourth-order valence-electron chi connectivity index (χ4n) is 3.46. The van der Waals surface area contributed by atoms with Gasteiger partial charge in [-0.1, -0.05) is 6.07 Å². The molecule has 0 bridgehead atoms. The van der Waals surface area contributed by atoms with Crippen LogP contribution in [-0.4, -0.2) is 50.8 Å². The first-order valence-corrected chi connectivity index (χ1v) is 11.0.